The summed E-state index contributed by atoms with van der Waals surface area (Å²) in [6.07, 6.45) is 1.94. The minimum absolute atomic E-state index is 0.00637. The number of ketones is 1. The van der Waals surface area contributed by atoms with E-state index < -0.39 is 10.7 Å². The number of benzene rings is 2. The van der Waals surface area contributed by atoms with Crippen LogP contribution in [0.1, 0.15) is 27.9 Å². The molecule has 0 atom stereocenters. The van der Waals surface area contributed by atoms with E-state index in [1.165, 1.54) is 18.2 Å². The highest BCUT2D eigenvalue weighted by Gasteiger charge is 2.22. The van der Waals surface area contributed by atoms with Gasteiger partial charge >= 0.3 is 0 Å². The fourth-order valence-electron chi connectivity index (χ4n) is 2.61. The first kappa shape index (κ1) is 15.9. The molecule has 1 heterocycles. The number of hydrogen-bond acceptors (Lipinski definition) is 4. The van der Waals surface area contributed by atoms with Gasteiger partial charge in [0.25, 0.3) is 5.69 Å². The summed E-state index contributed by atoms with van der Waals surface area (Å²) in [6.45, 7) is 1.93. The van der Waals surface area contributed by atoms with Gasteiger partial charge in [-0.1, -0.05) is 12.1 Å². The number of nitro groups is 1. The molecule has 122 valence electrons. The molecule has 3 rings (SSSR count). The van der Waals surface area contributed by atoms with E-state index >= 15 is 0 Å². The Labute approximate surface area is 137 Å². The molecule has 0 bridgehead atoms. The van der Waals surface area contributed by atoms with E-state index in [0.29, 0.717) is 28.9 Å². The number of halogens is 1. The van der Waals surface area contributed by atoms with Crippen molar-refractivity contribution in [2.75, 3.05) is 6.61 Å². The van der Waals surface area contributed by atoms with Crippen LogP contribution >= 0.6 is 0 Å². The van der Waals surface area contributed by atoms with Crippen LogP contribution in [0.4, 0.5) is 10.1 Å². The molecule has 0 radical (unpaired) electrons. The van der Waals surface area contributed by atoms with E-state index in [1.807, 2.05) is 0 Å². The number of hydrogen-bond donors (Lipinski definition) is 0. The maximum atomic E-state index is 13.4. The first-order valence-corrected chi connectivity index (χ1v) is 7.38. The van der Waals surface area contributed by atoms with Crippen LogP contribution < -0.4 is 4.74 Å². The number of aryl methyl sites for hydroxylation is 1. The zero-order valence-electron chi connectivity index (χ0n) is 12.9. The number of nitro benzene ring substituents is 1. The number of carbonyl (C=O) groups is 1. The summed E-state index contributed by atoms with van der Waals surface area (Å²) in [7, 11) is 0. The smallest absolute Gasteiger partial charge is 0.272 e. The van der Waals surface area contributed by atoms with Gasteiger partial charge in [0.15, 0.2) is 5.78 Å². The third-order valence-electron chi connectivity index (χ3n) is 3.88. The number of ether oxygens (including phenoxy) is 1. The van der Waals surface area contributed by atoms with Gasteiger partial charge in [0, 0.05) is 23.6 Å². The van der Waals surface area contributed by atoms with Gasteiger partial charge in [0.05, 0.1) is 17.1 Å². The summed E-state index contributed by atoms with van der Waals surface area (Å²) in [5.41, 5.74) is 1.69. The normalized spacial score (nSPS) is 15.6. The zero-order chi connectivity index (χ0) is 17.3. The van der Waals surface area contributed by atoms with E-state index in [2.05, 4.69) is 0 Å². The highest BCUT2D eigenvalue weighted by atomic mass is 19.1. The predicted octanol–water partition coefficient (Wildman–Crippen LogP) is 4.09. The molecule has 2 aromatic carbocycles. The van der Waals surface area contributed by atoms with Gasteiger partial charge < -0.3 is 4.74 Å². The molecule has 0 spiro atoms. The number of Topliss-reactive ketones (excluding diaryl/α,β-unsaturated/α-hetero) is 1. The molecular formula is C18H14FNO4. The van der Waals surface area contributed by atoms with Gasteiger partial charge in [-0.2, -0.15) is 0 Å². The molecule has 24 heavy (non-hydrogen) atoms. The summed E-state index contributed by atoms with van der Waals surface area (Å²) >= 11 is 0. The average molecular weight is 327 g/mol. The number of rotatable bonds is 2. The number of fused-ring (bicyclic) bond motifs is 1. The molecule has 2 aromatic rings. The van der Waals surface area contributed by atoms with E-state index in [1.54, 1.807) is 25.1 Å². The lowest BCUT2D eigenvalue weighted by Crippen LogP contribution is -2.03. The van der Waals surface area contributed by atoms with Crippen LogP contribution in [0.3, 0.4) is 0 Å². The molecule has 0 aliphatic carbocycles. The molecule has 5 nitrogen and oxygen atoms in total. The van der Waals surface area contributed by atoms with E-state index in [9.17, 15) is 19.3 Å². The largest absolute Gasteiger partial charge is 0.492 e. The average Bonchev–Trinajstić information content (AvgIpc) is 2.69. The Kier molecular flexibility index (Phi) is 4.12. The Morgan fingerprint density at radius 3 is 2.79 bits per heavy atom. The molecule has 0 unspecified atom stereocenters. The van der Waals surface area contributed by atoms with Gasteiger partial charge in [-0.05, 0) is 36.8 Å². The molecule has 0 amide bonds. The third-order valence-corrected chi connectivity index (χ3v) is 3.88. The standard InChI is InChI=1S/C18H14FNO4/c1-11-2-3-12(9-16(11)20(22)23)8-13-6-7-24-17-5-4-14(19)10-15(17)18(13)21/h2-5,8-10H,6-7H2,1H3/b13-8-. The predicted molar refractivity (Wildman–Crippen MR) is 86.7 cm³/mol. The van der Waals surface area contributed by atoms with E-state index in [4.69, 9.17) is 4.74 Å². The van der Waals surface area contributed by atoms with Gasteiger partial charge in [-0.3, -0.25) is 14.9 Å². The molecule has 0 N–H and O–H groups in total. The minimum Gasteiger partial charge on any atom is -0.492 e. The Hall–Kier alpha value is -3.02. The highest BCUT2D eigenvalue weighted by molar-refractivity contribution is 6.13. The molecule has 0 saturated carbocycles. The van der Waals surface area contributed by atoms with Crippen molar-refractivity contribution in [3.63, 3.8) is 0 Å². The molecule has 6 heteroatoms. The monoisotopic (exact) mass is 327 g/mol. The Bertz CT molecular complexity index is 873. The summed E-state index contributed by atoms with van der Waals surface area (Å²) in [5, 5.41) is 11.0. The van der Waals surface area contributed by atoms with Crippen molar-refractivity contribution in [3.8, 4) is 5.75 Å². The zero-order valence-corrected chi connectivity index (χ0v) is 12.9. The van der Waals surface area contributed by atoms with E-state index in [-0.39, 0.29) is 23.6 Å². The van der Waals surface area contributed by atoms with Crippen molar-refractivity contribution in [3.05, 3.63) is 74.6 Å². The minimum atomic E-state index is -0.516. The van der Waals surface area contributed by atoms with Gasteiger partial charge in [0.2, 0.25) is 0 Å². The summed E-state index contributed by atoms with van der Waals surface area (Å²) in [6, 6.07) is 8.59. The Morgan fingerprint density at radius 2 is 2.04 bits per heavy atom. The summed E-state index contributed by atoms with van der Waals surface area (Å²) in [5.74, 6) is -0.497. The van der Waals surface area contributed by atoms with Crippen molar-refractivity contribution < 1.29 is 18.8 Å². The summed E-state index contributed by atoms with van der Waals surface area (Å²) in [4.78, 5) is 23.2. The maximum Gasteiger partial charge on any atom is 0.272 e. The van der Waals surface area contributed by atoms with Gasteiger partial charge in [-0.15, -0.1) is 0 Å². The second-order valence-electron chi connectivity index (χ2n) is 5.54. The molecule has 0 saturated heterocycles. The van der Waals surface area contributed by atoms with Crippen LogP contribution in [0.25, 0.3) is 6.08 Å². The SMILES string of the molecule is Cc1ccc(/C=C2/CCOc3ccc(F)cc3C2=O)cc1[N+](=O)[O-]. The first-order chi connectivity index (χ1) is 11.5. The van der Waals surface area contributed by atoms with Crippen molar-refractivity contribution in [1.29, 1.82) is 0 Å². The van der Waals surface area contributed by atoms with Crippen LogP contribution in [0.2, 0.25) is 0 Å². The van der Waals surface area contributed by atoms with E-state index in [0.717, 1.165) is 6.07 Å². The molecule has 1 aliphatic rings. The van der Waals surface area contributed by atoms with Crippen molar-refractivity contribution in [2.45, 2.75) is 13.3 Å². The lowest BCUT2D eigenvalue weighted by molar-refractivity contribution is -0.385. The maximum absolute atomic E-state index is 13.4. The lowest BCUT2D eigenvalue weighted by atomic mass is 9.98. The Balaban J connectivity index is 2.03. The van der Waals surface area contributed by atoms with Crippen LogP contribution in [0.5, 0.6) is 5.75 Å². The van der Waals surface area contributed by atoms with Crippen LogP contribution in [-0.2, 0) is 0 Å². The number of nitrogens with zero attached hydrogens (tertiary/aromatic N) is 1. The molecule has 1 aliphatic heterocycles. The third kappa shape index (κ3) is 3.03. The Morgan fingerprint density at radius 1 is 1.25 bits per heavy atom. The molecular weight excluding hydrogens is 313 g/mol. The highest BCUT2D eigenvalue weighted by Crippen LogP contribution is 2.29. The fourth-order valence-corrected chi connectivity index (χ4v) is 2.61. The van der Waals surface area contributed by atoms with Gasteiger partial charge in [0.1, 0.15) is 11.6 Å². The first-order valence-electron chi connectivity index (χ1n) is 7.38. The second-order valence-corrected chi connectivity index (χ2v) is 5.54. The molecule has 0 aromatic heterocycles. The van der Waals surface area contributed by atoms with Crippen molar-refractivity contribution in [1.82, 2.24) is 0 Å². The van der Waals surface area contributed by atoms with Crippen molar-refractivity contribution >= 4 is 17.5 Å². The second kappa shape index (κ2) is 6.23. The van der Waals surface area contributed by atoms with Crippen molar-refractivity contribution in [2.24, 2.45) is 0 Å². The van der Waals surface area contributed by atoms with Gasteiger partial charge in [-0.25, -0.2) is 4.39 Å². The fraction of sp³-hybridized carbons (Fsp3) is 0.167. The van der Waals surface area contributed by atoms with Crippen LogP contribution in [0, 0.1) is 22.9 Å². The quantitative estimate of drug-likeness (QED) is 0.473. The number of carbonyl (C=O) groups excluding carboxylic acids is 1. The van der Waals surface area contributed by atoms with Crippen LogP contribution in [0.15, 0.2) is 42.0 Å². The summed E-state index contributed by atoms with van der Waals surface area (Å²) < 4.78 is 18.9. The molecule has 0 fully saturated rings. The van der Waals surface area contributed by atoms with Crippen LogP contribution in [-0.4, -0.2) is 17.3 Å². The lowest BCUT2D eigenvalue weighted by Gasteiger charge is -2.05. The topological polar surface area (TPSA) is 69.4 Å².